The van der Waals surface area contributed by atoms with Crippen molar-refractivity contribution in [2.24, 2.45) is 0 Å². The first-order chi connectivity index (χ1) is 11.4. The molecule has 3 N–H and O–H groups in total. The van der Waals surface area contributed by atoms with E-state index in [4.69, 9.17) is 22.1 Å². The molecular weight excluding hydrogens is 396 g/mol. The average Bonchev–Trinajstić information content (AvgIpc) is 2.56. The molecule has 2 aromatic rings. The van der Waals surface area contributed by atoms with Crippen molar-refractivity contribution in [3.05, 3.63) is 58.1 Å². The van der Waals surface area contributed by atoms with Gasteiger partial charge in [-0.15, -0.1) is 0 Å². The second-order valence-corrected chi connectivity index (χ2v) is 5.90. The fourth-order valence-corrected chi connectivity index (χ4v) is 2.37. The number of benzene rings is 2. The number of carboxylic acid groups (broad SMARTS) is 1. The lowest BCUT2D eigenvalue weighted by Gasteiger charge is -2.12. The fourth-order valence-electron chi connectivity index (χ4n) is 1.83. The van der Waals surface area contributed by atoms with E-state index < -0.39 is 5.97 Å². The maximum absolute atomic E-state index is 12.1. The molecule has 0 fully saturated rings. The van der Waals surface area contributed by atoms with Crippen LogP contribution >= 0.6 is 28.1 Å². The molecule has 0 spiro atoms. The summed E-state index contributed by atoms with van der Waals surface area (Å²) in [5.74, 6) is -0.805. The third-order valence-corrected chi connectivity index (χ3v) is 3.94. The Hall–Kier alpha value is -2.45. The van der Waals surface area contributed by atoms with Crippen molar-refractivity contribution in [2.75, 3.05) is 12.4 Å². The lowest BCUT2D eigenvalue weighted by Crippen LogP contribution is -2.34. The zero-order valence-electron chi connectivity index (χ0n) is 12.5. The molecule has 0 atom stereocenters. The van der Waals surface area contributed by atoms with Gasteiger partial charge in [0.2, 0.25) is 0 Å². The Labute approximate surface area is 152 Å². The predicted octanol–water partition coefficient (Wildman–Crippen LogP) is 3.28. The average molecular weight is 409 g/mol. The second kappa shape index (κ2) is 7.89. The molecule has 2 rings (SSSR count). The van der Waals surface area contributed by atoms with Gasteiger partial charge in [-0.1, -0.05) is 0 Å². The number of carbonyl (C=O) groups excluding carboxylic acids is 1. The second-order valence-electron chi connectivity index (χ2n) is 4.64. The first kappa shape index (κ1) is 17.9. The Balaban J connectivity index is 2.06. The van der Waals surface area contributed by atoms with Crippen LogP contribution in [-0.4, -0.2) is 29.2 Å². The van der Waals surface area contributed by atoms with Crippen molar-refractivity contribution in [3.8, 4) is 5.75 Å². The molecule has 0 unspecified atom stereocenters. The third kappa shape index (κ3) is 4.53. The van der Waals surface area contributed by atoms with Crippen LogP contribution in [0.25, 0.3) is 0 Å². The van der Waals surface area contributed by atoms with Crippen molar-refractivity contribution in [1.82, 2.24) is 5.32 Å². The van der Waals surface area contributed by atoms with Gasteiger partial charge in [-0.3, -0.25) is 10.1 Å². The molecule has 0 aliphatic heterocycles. The van der Waals surface area contributed by atoms with E-state index in [1.165, 1.54) is 19.2 Å². The van der Waals surface area contributed by atoms with Crippen molar-refractivity contribution in [1.29, 1.82) is 0 Å². The van der Waals surface area contributed by atoms with Crippen LogP contribution in [-0.2, 0) is 0 Å². The maximum atomic E-state index is 12.1. The molecule has 0 heterocycles. The molecule has 0 aliphatic carbocycles. The van der Waals surface area contributed by atoms with E-state index in [-0.39, 0.29) is 16.6 Å². The van der Waals surface area contributed by atoms with E-state index in [0.717, 1.165) is 0 Å². The Bertz CT molecular complexity index is 793. The Kier molecular flexibility index (Phi) is 5.88. The molecule has 2 aromatic carbocycles. The molecule has 0 saturated heterocycles. The van der Waals surface area contributed by atoms with Crippen molar-refractivity contribution in [2.45, 2.75) is 0 Å². The largest absolute Gasteiger partial charge is 0.497 e. The van der Waals surface area contributed by atoms with Crippen LogP contribution in [0, 0.1) is 0 Å². The lowest BCUT2D eigenvalue weighted by molar-refractivity contribution is 0.0696. The van der Waals surface area contributed by atoms with Crippen LogP contribution in [0.15, 0.2) is 46.9 Å². The van der Waals surface area contributed by atoms with E-state index in [0.29, 0.717) is 21.5 Å². The number of hydrogen-bond donors (Lipinski definition) is 3. The molecule has 0 aromatic heterocycles. The van der Waals surface area contributed by atoms with Crippen molar-refractivity contribution >= 4 is 50.8 Å². The number of nitrogens with one attached hydrogen (secondary N) is 2. The zero-order valence-corrected chi connectivity index (χ0v) is 14.9. The van der Waals surface area contributed by atoms with Crippen LogP contribution in [0.1, 0.15) is 20.7 Å². The van der Waals surface area contributed by atoms with Gasteiger partial charge in [0.15, 0.2) is 5.11 Å². The quantitative estimate of drug-likeness (QED) is 0.672. The molecular formula is C16H13BrN2O4S. The van der Waals surface area contributed by atoms with Gasteiger partial charge in [0.25, 0.3) is 5.91 Å². The summed E-state index contributed by atoms with van der Waals surface area (Å²) in [5, 5.41) is 14.4. The summed E-state index contributed by atoms with van der Waals surface area (Å²) in [4.78, 5) is 23.1. The van der Waals surface area contributed by atoms with Crippen LogP contribution in [0.5, 0.6) is 5.75 Å². The van der Waals surface area contributed by atoms with Gasteiger partial charge in [-0.2, -0.15) is 0 Å². The molecule has 8 heteroatoms. The summed E-state index contributed by atoms with van der Waals surface area (Å²) in [7, 11) is 1.54. The van der Waals surface area contributed by atoms with Gasteiger partial charge in [-0.05, 0) is 70.6 Å². The number of aromatic carboxylic acids is 1. The number of halogens is 1. The van der Waals surface area contributed by atoms with Gasteiger partial charge in [0, 0.05) is 10.0 Å². The summed E-state index contributed by atoms with van der Waals surface area (Å²) in [6, 6.07) is 11.0. The SMILES string of the molecule is COc1ccc(C(=O)NC(=S)Nc2cc(C(=O)O)ccc2Br)cc1. The van der Waals surface area contributed by atoms with E-state index in [2.05, 4.69) is 26.6 Å². The Morgan fingerprint density at radius 3 is 2.33 bits per heavy atom. The first-order valence-corrected chi connectivity index (χ1v) is 7.90. The third-order valence-electron chi connectivity index (χ3n) is 3.04. The highest BCUT2D eigenvalue weighted by Gasteiger charge is 2.11. The number of carbonyl (C=O) groups is 2. The number of carboxylic acids is 1. The summed E-state index contributed by atoms with van der Waals surface area (Å²) >= 11 is 8.39. The number of hydrogen-bond acceptors (Lipinski definition) is 4. The van der Waals surface area contributed by atoms with Crippen molar-refractivity contribution < 1.29 is 19.4 Å². The predicted molar refractivity (Wildman–Crippen MR) is 97.8 cm³/mol. The molecule has 1 amide bonds. The van der Waals surface area contributed by atoms with Crippen molar-refractivity contribution in [3.63, 3.8) is 0 Å². The van der Waals surface area contributed by atoms with Crippen LogP contribution in [0.2, 0.25) is 0 Å². The molecule has 0 saturated carbocycles. The highest BCUT2D eigenvalue weighted by molar-refractivity contribution is 9.10. The van der Waals surface area contributed by atoms with Crippen LogP contribution in [0.4, 0.5) is 5.69 Å². The Morgan fingerprint density at radius 1 is 1.12 bits per heavy atom. The summed E-state index contributed by atoms with van der Waals surface area (Å²) < 4.78 is 5.65. The molecule has 24 heavy (non-hydrogen) atoms. The minimum atomic E-state index is -1.06. The van der Waals surface area contributed by atoms with E-state index in [1.807, 2.05) is 0 Å². The summed E-state index contributed by atoms with van der Waals surface area (Å²) in [6.45, 7) is 0. The summed E-state index contributed by atoms with van der Waals surface area (Å²) in [6.07, 6.45) is 0. The van der Waals surface area contributed by atoms with E-state index in [1.54, 1.807) is 30.3 Å². The van der Waals surface area contributed by atoms with Gasteiger partial charge in [0.05, 0.1) is 18.4 Å². The van der Waals surface area contributed by atoms with Gasteiger partial charge >= 0.3 is 5.97 Å². The number of thiocarbonyl (C=S) groups is 1. The van der Waals surface area contributed by atoms with Gasteiger partial charge in [0.1, 0.15) is 5.75 Å². The molecule has 6 nitrogen and oxygen atoms in total. The fraction of sp³-hybridized carbons (Fsp3) is 0.0625. The number of methoxy groups -OCH3 is 1. The number of anilines is 1. The minimum absolute atomic E-state index is 0.0547. The van der Waals surface area contributed by atoms with Crippen LogP contribution in [0.3, 0.4) is 0 Å². The Morgan fingerprint density at radius 2 is 1.75 bits per heavy atom. The standard InChI is InChI=1S/C16H13BrN2O4S/c1-23-11-5-2-9(3-6-11)14(20)19-16(24)18-13-8-10(15(21)22)4-7-12(13)17/h2-8H,1H3,(H,21,22)(H2,18,19,20,24). The highest BCUT2D eigenvalue weighted by atomic mass is 79.9. The zero-order chi connectivity index (χ0) is 17.7. The normalized spacial score (nSPS) is 9.92. The highest BCUT2D eigenvalue weighted by Crippen LogP contribution is 2.23. The number of amides is 1. The lowest BCUT2D eigenvalue weighted by atomic mass is 10.2. The molecule has 0 aliphatic rings. The van der Waals surface area contributed by atoms with Gasteiger partial charge < -0.3 is 15.2 Å². The van der Waals surface area contributed by atoms with E-state index >= 15 is 0 Å². The monoisotopic (exact) mass is 408 g/mol. The molecule has 124 valence electrons. The molecule has 0 radical (unpaired) electrons. The minimum Gasteiger partial charge on any atom is -0.497 e. The first-order valence-electron chi connectivity index (χ1n) is 6.70. The number of rotatable bonds is 4. The maximum Gasteiger partial charge on any atom is 0.335 e. The summed E-state index contributed by atoms with van der Waals surface area (Å²) in [5.41, 5.74) is 0.957. The molecule has 0 bridgehead atoms. The van der Waals surface area contributed by atoms with Gasteiger partial charge in [-0.25, -0.2) is 4.79 Å². The van der Waals surface area contributed by atoms with E-state index in [9.17, 15) is 9.59 Å². The smallest absolute Gasteiger partial charge is 0.335 e. The topological polar surface area (TPSA) is 87.7 Å². The number of ether oxygens (including phenoxy) is 1. The van der Waals surface area contributed by atoms with Crippen LogP contribution < -0.4 is 15.4 Å².